The van der Waals surface area contributed by atoms with Gasteiger partial charge in [-0.15, -0.1) is 0 Å². The molecule has 1 aromatic rings. The molecule has 1 saturated carbocycles. The van der Waals surface area contributed by atoms with Gasteiger partial charge in [0, 0.05) is 6.04 Å². The highest BCUT2D eigenvalue weighted by molar-refractivity contribution is 5.51. The Labute approximate surface area is 118 Å². The number of hydrogen-bond donors (Lipinski definition) is 1. The largest absolute Gasteiger partial charge is 0.377 e. The van der Waals surface area contributed by atoms with Crippen molar-refractivity contribution in [2.45, 2.75) is 51.5 Å². The van der Waals surface area contributed by atoms with Crippen molar-refractivity contribution in [2.75, 3.05) is 5.32 Å². The smallest absolute Gasteiger partial charge is 0.150 e. The van der Waals surface area contributed by atoms with Gasteiger partial charge in [0.05, 0.1) is 11.6 Å². The van der Waals surface area contributed by atoms with E-state index in [0.29, 0.717) is 5.92 Å². The molecule has 20 heavy (non-hydrogen) atoms. The Hall–Kier alpha value is -1.63. The topological polar surface area (TPSA) is 35.8 Å². The van der Waals surface area contributed by atoms with E-state index in [1.807, 2.05) is 6.92 Å². The number of nitriles is 1. The van der Waals surface area contributed by atoms with E-state index < -0.39 is 11.6 Å². The molecule has 1 N–H and O–H groups in total. The lowest BCUT2D eigenvalue weighted by molar-refractivity contribution is 0.312. The fraction of sp³-hybridized carbons (Fsp3) is 0.562. The standard InChI is InChI=1S/C16H20F2N2/c1-2-15(12-6-4-3-5-7-12)20-16-13(17)8-11(10-19)9-14(16)18/h8-9,12,15,20H,2-7H2,1H3. The van der Waals surface area contributed by atoms with Crippen LogP contribution in [-0.2, 0) is 0 Å². The minimum atomic E-state index is -0.684. The summed E-state index contributed by atoms with van der Waals surface area (Å²) in [5.41, 5.74) is -0.0855. The third kappa shape index (κ3) is 3.27. The molecule has 1 aliphatic carbocycles. The van der Waals surface area contributed by atoms with Crippen molar-refractivity contribution in [1.29, 1.82) is 5.26 Å². The van der Waals surface area contributed by atoms with Gasteiger partial charge in [-0.05, 0) is 37.3 Å². The molecule has 0 spiro atoms. The van der Waals surface area contributed by atoms with Crippen molar-refractivity contribution in [2.24, 2.45) is 5.92 Å². The molecule has 1 aliphatic rings. The molecule has 0 radical (unpaired) electrons. The number of nitrogens with one attached hydrogen (secondary N) is 1. The molecule has 108 valence electrons. The molecule has 1 unspecified atom stereocenters. The van der Waals surface area contributed by atoms with Crippen molar-refractivity contribution < 1.29 is 8.78 Å². The van der Waals surface area contributed by atoms with E-state index in [1.54, 1.807) is 6.07 Å². The normalized spacial score (nSPS) is 17.5. The third-order valence-electron chi connectivity index (χ3n) is 4.16. The fourth-order valence-corrected chi connectivity index (χ4v) is 3.05. The summed E-state index contributed by atoms with van der Waals surface area (Å²) in [5.74, 6) is -0.894. The number of nitrogens with zero attached hydrogens (tertiary/aromatic N) is 1. The maximum atomic E-state index is 13.9. The van der Waals surface area contributed by atoms with Crippen molar-refractivity contribution in [3.05, 3.63) is 29.3 Å². The van der Waals surface area contributed by atoms with Crippen LogP contribution in [0.15, 0.2) is 12.1 Å². The van der Waals surface area contributed by atoms with Gasteiger partial charge in [0.1, 0.15) is 5.69 Å². The molecule has 0 aromatic heterocycles. The van der Waals surface area contributed by atoms with E-state index in [2.05, 4.69) is 5.32 Å². The zero-order valence-corrected chi connectivity index (χ0v) is 11.8. The Balaban J connectivity index is 2.17. The van der Waals surface area contributed by atoms with Gasteiger partial charge in [-0.25, -0.2) is 8.78 Å². The first-order valence-corrected chi connectivity index (χ1v) is 7.31. The molecule has 2 nitrogen and oxygen atoms in total. The van der Waals surface area contributed by atoms with Crippen LogP contribution in [0.25, 0.3) is 0 Å². The molecule has 2 rings (SSSR count). The van der Waals surface area contributed by atoms with Crippen LogP contribution in [0.4, 0.5) is 14.5 Å². The third-order valence-corrected chi connectivity index (χ3v) is 4.16. The first-order valence-electron chi connectivity index (χ1n) is 7.31. The zero-order valence-electron chi connectivity index (χ0n) is 11.8. The molecular weight excluding hydrogens is 258 g/mol. The van der Waals surface area contributed by atoms with E-state index in [9.17, 15) is 8.78 Å². The number of rotatable bonds is 4. The van der Waals surface area contributed by atoms with E-state index in [-0.39, 0.29) is 17.3 Å². The first kappa shape index (κ1) is 14.8. The van der Waals surface area contributed by atoms with Crippen LogP contribution >= 0.6 is 0 Å². The minimum Gasteiger partial charge on any atom is -0.377 e. The summed E-state index contributed by atoms with van der Waals surface area (Å²) < 4.78 is 27.8. The average molecular weight is 278 g/mol. The van der Waals surface area contributed by atoms with Crippen molar-refractivity contribution in [1.82, 2.24) is 0 Å². The van der Waals surface area contributed by atoms with Gasteiger partial charge >= 0.3 is 0 Å². The van der Waals surface area contributed by atoms with Gasteiger partial charge in [0.25, 0.3) is 0 Å². The van der Waals surface area contributed by atoms with Crippen LogP contribution in [0.2, 0.25) is 0 Å². The predicted molar refractivity (Wildman–Crippen MR) is 75.3 cm³/mol. The monoisotopic (exact) mass is 278 g/mol. The molecule has 0 amide bonds. The summed E-state index contributed by atoms with van der Waals surface area (Å²) >= 11 is 0. The SMILES string of the molecule is CCC(Nc1c(F)cc(C#N)cc1F)C1CCCCC1. The number of anilines is 1. The van der Waals surface area contributed by atoms with Crippen LogP contribution < -0.4 is 5.32 Å². The van der Waals surface area contributed by atoms with Crippen molar-refractivity contribution in [3.8, 4) is 6.07 Å². The van der Waals surface area contributed by atoms with E-state index >= 15 is 0 Å². The van der Waals surface area contributed by atoms with Crippen molar-refractivity contribution in [3.63, 3.8) is 0 Å². The molecule has 1 atom stereocenters. The zero-order chi connectivity index (χ0) is 14.5. The summed E-state index contributed by atoms with van der Waals surface area (Å²) in [5, 5.41) is 11.7. The van der Waals surface area contributed by atoms with Crippen LogP contribution in [0.5, 0.6) is 0 Å². The van der Waals surface area contributed by atoms with Gasteiger partial charge in [0.15, 0.2) is 11.6 Å². The number of halogens is 2. The second kappa shape index (κ2) is 6.69. The number of hydrogen-bond acceptors (Lipinski definition) is 2. The van der Waals surface area contributed by atoms with Crippen molar-refractivity contribution >= 4 is 5.69 Å². The summed E-state index contributed by atoms with van der Waals surface area (Å²) in [4.78, 5) is 0. The quantitative estimate of drug-likeness (QED) is 0.873. The average Bonchev–Trinajstić information content (AvgIpc) is 2.47. The lowest BCUT2D eigenvalue weighted by Gasteiger charge is -2.31. The Morgan fingerprint density at radius 1 is 1.25 bits per heavy atom. The summed E-state index contributed by atoms with van der Waals surface area (Å²) in [6, 6.07) is 4.01. The second-order valence-corrected chi connectivity index (χ2v) is 5.48. The highest BCUT2D eigenvalue weighted by Gasteiger charge is 2.24. The van der Waals surface area contributed by atoms with E-state index in [4.69, 9.17) is 5.26 Å². The fourth-order valence-electron chi connectivity index (χ4n) is 3.05. The Morgan fingerprint density at radius 3 is 2.35 bits per heavy atom. The van der Waals surface area contributed by atoms with E-state index in [0.717, 1.165) is 31.4 Å². The summed E-state index contributed by atoms with van der Waals surface area (Å²) in [6.07, 6.45) is 6.72. The van der Waals surface area contributed by atoms with Gasteiger partial charge in [-0.1, -0.05) is 26.2 Å². The molecule has 1 fully saturated rings. The summed E-state index contributed by atoms with van der Waals surface area (Å²) in [6.45, 7) is 2.03. The lowest BCUT2D eigenvalue weighted by atomic mass is 9.83. The highest BCUT2D eigenvalue weighted by Crippen LogP contribution is 2.31. The predicted octanol–water partition coefficient (Wildman–Crippen LogP) is 4.61. The summed E-state index contributed by atoms with van der Waals surface area (Å²) in [7, 11) is 0. The maximum Gasteiger partial charge on any atom is 0.150 e. The molecule has 0 saturated heterocycles. The molecule has 0 bridgehead atoms. The van der Waals surface area contributed by atoms with Crippen LogP contribution in [0, 0.1) is 28.9 Å². The molecule has 0 heterocycles. The molecular formula is C16H20F2N2. The van der Waals surface area contributed by atoms with E-state index in [1.165, 1.54) is 19.3 Å². The number of benzene rings is 1. The Morgan fingerprint density at radius 2 is 1.85 bits per heavy atom. The molecule has 0 aliphatic heterocycles. The first-order chi connectivity index (χ1) is 9.65. The van der Waals surface area contributed by atoms with Crippen LogP contribution in [-0.4, -0.2) is 6.04 Å². The van der Waals surface area contributed by atoms with Crippen LogP contribution in [0.3, 0.4) is 0 Å². The van der Waals surface area contributed by atoms with Gasteiger partial charge in [-0.3, -0.25) is 0 Å². The van der Waals surface area contributed by atoms with Gasteiger partial charge in [0.2, 0.25) is 0 Å². The Bertz CT molecular complexity index is 479. The molecule has 1 aromatic carbocycles. The van der Waals surface area contributed by atoms with Gasteiger partial charge < -0.3 is 5.32 Å². The highest BCUT2D eigenvalue weighted by atomic mass is 19.1. The second-order valence-electron chi connectivity index (χ2n) is 5.48. The Kier molecular flexibility index (Phi) is 4.94. The lowest BCUT2D eigenvalue weighted by Crippen LogP contribution is -2.30. The van der Waals surface area contributed by atoms with Gasteiger partial charge in [-0.2, -0.15) is 5.26 Å². The molecule has 4 heteroatoms. The minimum absolute atomic E-state index is 0.0104. The van der Waals surface area contributed by atoms with Crippen LogP contribution in [0.1, 0.15) is 51.0 Å². The maximum absolute atomic E-state index is 13.9.